The zero-order valence-electron chi connectivity index (χ0n) is 11.5. The van der Waals surface area contributed by atoms with Crippen molar-refractivity contribution in [3.05, 3.63) is 28.2 Å². The Morgan fingerprint density at radius 1 is 1.50 bits per heavy atom. The van der Waals surface area contributed by atoms with Gasteiger partial charge in [0.05, 0.1) is 4.47 Å². The Morgan fingerprint density at radius 3 is 3.00 bits per heavy atom. The van der Waals surface area contributed by atoms with Gasteiger partial charge in [-0.25, -0.2) is 0 Å². The van der Waals surface area contributed by atoms with Gasteiger partial charge in [0, 0.05) is 31.2 Å². The zero-order chi connectivity index (χ0) is 14.3. The van der Waals surface area contributed by atoms with Gasteiger partial charge in [-0.3, -0.25) is 4.79 Å². The van der Waals surface area contributed by atoms with E-state index in [1.165, 1.54) is 0 Å². The standard InChI is InChI=1S/C15H19BrN2O2/c1-2-13-11-7-17-6-10(11)8-18(13)15(20)9-3-4-12(16)14(19)5-9/h3-5,10-11,13,17,19H,2,6-8H2,1H3. The number of aromatic hydroxyl groups is 1. The molecule has 0 radical (unpaired) electrons. The minimum Gasteiger partial charge on any atom is -0.507 e. The van der Waals surface area contributed by atoms with Crippen LogP contribution in [-0.4, -0.2) is 41.6 Å². The van der Waals surface area contributed by atoms with Crippen LogP contribution >= 0.6 is 15.9 Å². The molecule has 1 aromatic rings. The third-order valence-electron chi connectivity index (χ3n) is 4.59. The Bertz CT molecular complexity index is 535. The number of phenols is 1. The number of phenolic OH excluding ortho intramolecular Hbond substituents is 1. The van der Waals surface area contributed by atoms with Gasteiger partial charge in [-0.1, -0.05) is 6.92 Å². The van der Waals surface area contributed by atoms with Crippen LogP contribution in [0, 0.1) is 11.8 Å². The molecule has 2 aliphatic rings. The number of amides is 1. The van der Waals surface area contributed by atoms with Crippen LogP contribution in [0.1, 0.15) is 23.7 Å². The van der Waals surface area contributed by atoms with Gasteiger partial charge in [0.25, 0.3) is 5.91 Å². The van der Waals surface area contributed by atoms with E-state index in [-0.39, 0.29) is 11.7 Å². The Labute approximate surface area is 127 Å². The van der Waals surface area contributed by atoms with Crippen molar-refractivity contribution in [3.8, 4) is 5.75 Å². The fraction of sp³-hybridized carbons (Fsp3) is 0.533. The first kappa shape index (κ1) is 13.9. The second-order valence-electron chi connectivity index (χ2n) is 5.68. The molecule has 108 valence electrons. The van der Waals surface area contributed by atoms with Crippen LogP contribution in [0.15, 0.2) is 22.7 Å². The number of halogens is 1. The van der Waals surface area contributed by atoms with E-state index in [0.29, 0.717) is 27.9 Å². The van der Waals surface area contributed by atoms with Crippen LogP contribution in [0.3, 0.4) is 0 Å². The summed E-state index contributed by atoms with van der Waals surface area (Å²) in [6.45, 7) is 4.99. The van der Waals surface area contributed by atoms with E-state index >= 15 is 0 Å². The third-order valence-corrected chi connectivity index (χ3v) is 5.26. The van der Waals surface area contributed by atoms with Crippen LogP contribution < -0.4 is 5.32 Å². The maximum atomic E-state index is 12.7. The van der Waals surface area contributed by atoms with E-state index in [9.17, 15) is 9.90 Å². The lowest BCUT2D eigenvalue weighted by Gasteiger charge is -2.27. The van der Waals surface area contributed by atoms with Crippen molar-refractivity contribution in [1.29, 1.82) is 0 Å². The molecular formula is C15H19BrN2O2. The summed E-state index contributed by atoms with van der Waals surface area (Å²) in [5, 5.41) is 13.2. The number of carbonyl (C=O) groups is 1. The molecule has 0 aromatic heterocycles. The molecule has 3 unspecified atom stereocenters. The lowest BCUT2D eigenvalue weighted by atomic mass is 9.93. The number of hydrogen-bond acceptors (Lipinski definition) is 3. The number of rotatable bonds is 2. The molecule has 4 nitrogen and oxygen atoms in total. The number of benzene rings is 1. The van der Waals surface area contributed by atoms with Gasteiger partial charge in [-0.05, 0) is 52.4 Å². The first-order valence-corrected chi connectivity index (χ1v) is 7.91. The summed E-state index contributed by atoms with van der Waals surface area (Å²) in [7, 11) is 0. The molecule has 2 aliphatic heterocycles. The number of likely N-dealkylation sites (tertiary alicyclic amines) is 1. The van der Waals surface area contributed by atoms with Crippen LogP contribution in [-0.2, 0) is 0 Å². The predicted octanol–water partition coefficient (Wildman–Crippen LogP) is 2.22. The SMILES string of the molecule is CCC1C2CNCC2CN1C(=O)c1ccc(Br)c(O)c1. The molecule has 3 rings (SSSR count). The van der Waals surface area contributed by atoms with Gasteiger partial charge in [0.15, 0.2) is 0 Å². The van der Waals surface area contributed by atoms with Crippen LogP contribution in [0.4, 0.5) is 0 Å². The van der Waals surface area contributed by atoms with Crippen LogP contribution in [0.25, 0.3) is 0 Å². The van der Waals surface area contributed by atoms with Crippen molar-refractivity contribution in [2.45, 2.75) is 19.4 Å². The summed E-state index contributed by atoms with van der Waals surface area (Å²) >= 11 is 3.24. The van der Waals surface area contributed by atoms with Gasteiger partial charge < -0.3 is 15.3 Å². The van der Waals surface area contributed by atoms with Crippen molar-refractivity contribution in [1.82, 2.24) is 10.2 Å². The highest BCUT2D eigenvalue weighted by Crippen LogP contribution is 2.35. The highest BCUT2D eigenvalue weighted by Gasteiger charge is 2.45. The summed E-state index contributed by atoms with van der Waals surface area (Å²) in [6.07, 6.45) is 0.983. The summed E-state index contributed by atoms with van der Waals surface area (Å²) < 4.78 is 0.614. The summed E-state index contributed by atoms with van der Waals surface area (Å²) in [4.78, 5) is 14.7. The monoisotopic (exact) mass is 338 g/mol. The summed E-state index contributed by atoms with van der Waals surface area (Å²) in [5.41, 5.74) is 0.567. The highest BCUT2D eigenvalue weighted by atomic mass is 79.9. The first-order chi connectivity index (χ1) is 9.61. The molecule has 0 saturated carbocycles. The minimum absolute atomic E-state index is 0.0362. The molecule has 1 aromatic carbocycles. The summed E-state index contributed by atoms with van der Waals surface area (Å²) in [5.74, 6) is 1.31. The smallest absolute Gasteiger partial charge is 0.254 e. The topological polar surface area (TPSA) is 52.6 Å². The van der Waals surface area contributed by atoms with E-state index in [1.54, 1.807) is 18.2 Å². The molecule has 2 N–H and O–H groups in total. The Morgan fingerprint density at radius 2 is 2.30 bits per heavy atom. The number of nitrogens with one attached hydrogen (secondary N) is 1. The molecule has 5 heteroatoms. The lowest BCUT2D eigenvalue weighted by molar-refractivity contribution is 0.0711. The number of nitrogens with zero attached hydrogens (tertiary/aromatic N) is 1. The van der Waals surface area contributed by atoms with Crippen molar-refractivity contribution < 1.29 is 9.90 Å². The second-order valence-corrected chi connectivity index (χ2v) is 6.54. The van der Waals surface area contributed by atoms with Crippen LogP contribution in [0.5, 0.6) is 5.75 Å². The third kappa shape index (κ3) is 2.23. The van der Waals surface area contributed by atoms with E-state index in [1.807, 2.05) is 4.90 Å². The largest absolute Gasteiger partial charge is 0.507 e. The molecule has 2 saturated heterocycles. The number of fused-ring (bicyclic) bond motifs is 1. The molecule has 3 atom stereocenters. The van der Waals surface area contributed by atoms with Crippen molar-refractivity contribution in [2.75, 3.05) is 19.6 Å². The fourth-order valence-corrected chi connectivity index (χ4v) is 3.84. The maximum Gasteiger partial charge on any atom is 0.254 e. The number of hydrogen-bond donors (Lipinski definition) is 2. The predicted molar refractivity (Wildman–Crippen MR) is 80.8 cm³/mol. The van der Waals surface area contributed by atoms with Crippen molar-refractivity contribution >= 4 is 21.8 Å². The second kappa shape index (κ2) is 5.37. The fourth-order valence-electron chi connectivity index (χ4n) is 3.59. The molecular weight excluding hydrogens is 320 g/mol. The van der Waals surface area contributed by atoms with Gasteiger partial charge >= 0.3 is 0 Å². The van der Waals surface area contributed by atoms with Gasteiger partial charge in [0.2, 0.25) is 0 Å². The minimum atomic E-state index is 0.0362. The quantitative estimate of drug-likeness (QED) is 0.869. The molecule has 0 bridgehead atoms. The summed E-state index contributed by atoms with van der Waals surface area (Å²) in [6, 6.07) is 5.35. The van der Waals surface area contributed by atoms with Gasteiger partial charge in [-0.2, -0.15) is 0 Å². The van der Waals surface area contributed by atoms with E-state index in [0.717, 1.165) is 26.1 Å². The molecule has 0 aliphatic carbocycles. The van der Waals surface area contributed by atoms with Crippen molar-refractivity contribution in [3.63, 3.8) is 0 Å². The molecule has 2 heterocycles. The van der Waals surface area contributed by atoms with Gasteiger partial charge in [0.1, 0.15) is 5.75 Å². The molecule has 0 spiro atoms. The molecule has 1 amide bonds. The highest BCUT2D eigenvalue weighted by molar-refractivity contribution is 9.10. The van der Waals surface area contributed by atoms with E-state index in [2.05, 4.69) is 28.2 Å². The zero-order valence-corrected chi connectivity index (χ0v) is 13.1. The van der Waals surface area contributed by atoms with Crippen molar-refractivity contribution in [2.24, 2.45) is 11.8 Å². The molecule has 20 heavy (non-hydrogen) atoms. The average molecular weight is 339 g/mol. The maximum absolute atomic E-state index is 12.7. The first-order valence-electron chi connectivity index (χ1n) is 7.12. The van der Waals surface area contributed by atoms with Gasteiger partial charge in [-0.15, -0.1) is 0 Å². The lowest BCUT2D eigenvalue weighted by Crippen LogP contribution is -2.39. The van der Waals surface area contributed by atoms with Crippen LogP contribution in [0.2, 0.25) is 0 Å². The Balaban J connectivity index is 1.84. The number of carbonyl (C=O) groups excluding carboxylic acids is 1. The van der Waals surface area contributed by atoms with E-state index < -0.39 is 0 Å². The average Bonchev–Trinajstić information content (AvgIpc) is 3.01. The normalized spacial score (nSPS) is 28.7. The Kier molecular flexibility index (Phi) is 3.73. The molecule has 2 fully saturated rings. The Hall–Kier alpha value is -1.07. The van der Waals surface area contributed by atoms with E-state index in [4.69, 9.17) is 0 Å².